The highest BCUT2D eigenvalue weighted by molar-refractivity contribution is 7.94. The van der Waals surface area contributed by atoms with Gasteiger partial charge in [0.15, 0.2) is 0 Å². The molecule has 4 atom stereocenters. The van der Waals surface area contributed by atoms with Gasteiger partial charge in [-0.2, -0.15) is 4.31 Å². The highest BCUT2D eigenvalue weighted by Crippen LogP contribution is 2.30. The van der Waals surface area contributed by atoms with Crippen LogP contribution in [-0.2, 0) is 24.8 Å². The molecule has 4 rings (SSSR count). The number of likely N-dealkylation sites (N-methyl/N-ethyl adjacent to an activating group) is 1. The van der Waals surface area contributed by atoms with Crippen molar-refractivity contribution < 1.29 is 36.2 Å². The minimum absolute atomic E-state index is 0.0532. The Hall–Kier alpha value is -3.01. The molecule has 1 aliphatic heterocycles. The number of anilines is 1. The molecule has 0 saturated carbocycles. The van der Waals surface area contributed by atoms with Gasteiger partial charge >= 0.3 is 0 Å². The first kappa shape index (κ1) is 36.8. The van der Waals surface area contributed by atoms with E-state index in [4.69, 9.17) is 9.47 Å². The smallest absolute Gasteiger partial charge is 0.271 e. The minimum atomic E-state index is -3.88. The summed E-state index contributed by atoms with van der Waals surface area (Å²) in [5, 5.41) is 11.9. The number of thiophene rings is 1. The Morgan fingerprint density at radius 3 is 2.47 bits per heavy atom. The molecule has 2 heterocycles. The first-order valence-corrected chi connectivity index (χ1v) is 19.5. The van der Waals surface area contributed by atoms with Crippen molar-refractivity contribution in [1.82, 2.24) is 9.21 Å². The summed E-state index contributed by atoms with van der Waals surface area (Å²) in [7, 11) is -6.17. The number of nitrogens with one attached hydrogen (secondary N) is 1. The molecule has 2 N–H and O–H groups in total. The number of rotatable bonds is 9. The van der Waals surface area contributed by atoms with Gasteiger partial charge in [0.2, 0.25) is 10.0 Å². The second-order valence-corrected chi connectivity index (χ2v) is 17.0. The average molecular weight is 708 g/mol. The fraction of sp³-hybridized carbons (Fsp3) is 0.485. The lowest BCUT2D eigenvalue weighted by Gasteiger charge is -2.35. The van der Waals surface area contributed by atoms with Gasteiger partial charge in [0, 0.05) is 38.3 Å². The Kier molecular flexibility index (Phi) is 12.5. The van der Waals surface area contributed by atoms with Crippen LogP contribution in [0.3, 0.4) is 0 Å². The van der Waals surface area contributed by atoms with E-state index in [2.05, 4.69) is 4.72 Å². The van der Waals surface area contributed by atoms with Gasteiger partial charge in [0.1, 0.15) is 9.96 Å². The highest BCUT2D eigenvalue weighted by atomic mass is 32.2. The molecule has 14 heteroatoms. The zero-order chi connectivity index (χ0) is 34.4. The molecule has 258 valence electrons. The number of benzene rings is 2. The van der Waals surface area contributed by atoms with E-state index in [0.717, 1.165) is 29.7 Å². The molecule has 0 unspecified atom stereocenters. The van der Waals surface area contributed by atoms with Crippen molar-refractivity contribution >= 4 is 43.0 Å². The van der Waals surface area contributed by atoms with Gasteiger partial charge < -0.3 is 19.5 Å². The van der Waals surface area contributed by atoms with Crippen LogP contribution in [0, 0.1) is 12.8 Å². The summed E-state index contributed by atoms with van der Waals surface area (Å²) in [5.74, 6) is -0.511. The molecule has 0 aliphatic carbocycles. The summed E-state index contributed by atoms with van der Waals surface area (Å²) in [6, 6.07) is 13.8. The van der Waals surface area contributed by atoms with Gasteiger partial charge in [-0.1, -0.05) is 30.7 Å². The number of hydrogen-bond donors (Lipinski definition) is 2. The lowest BCUT2D eigenvalue weighted by atomic mass is 10.0. The van der Waals surface area contributed by atoms with Crippen molar-refractivity contribution in [2.24, 2.45) is 5.92 Å². The normalized spacial score (nSPS) is 21.0. The Labute approximate surface area is 282 Å². The van der Waals surface area contributed by atoms with Crippen molar-refractivity contribution in [3.63, 3.8) is 0 Å². The monoisotopic (exact) mass is 707 g/mol. The van der Waals surface area contributed by atoms with E-state index < -0.39 is 38.1 Å². The number of hydrogen-bond acceptors (Lipinski definition) is 9. The molecule has 0 spiro atoms. The van der Waals surface area contributed by atoms with Crippen LogP contribution in [0.4, 0.5) is 5.69 Å². The van der Waals surface area contributed by atoms with E-state index in [-0.39, 0.29) is 52.1 Å². The lowest BCUT2D eigenvalue weighted by Crippen LogP contribution is -2.48. The molecule has 11 nitrogen and oxygen atoms in total. The number of nitrogens with zero attached hydrogens (tertiary/aromatic N) is 2. The number of fused-ring (bicyclic) bond motifs is 1. The van der Waals surface area contributed by atoms with Crippen LogP contribution in [0.25, 0.3) is 0 Å². The first-order valence-electron chi connectivity index (χ1n) is 15.7. The summed E-state index contributed by atoms with van der Waals surface area (Å²) in [4.78, 5) is 16.0. The quantitative estimate of drug-likeness (QED) is 0.318. The maximum absolute atomic E-state index is 14.3. The number of carbonyl (C=O) groups excluding carboxylic acids is 1. The van der Waals surface area contributed by atoms with Crippen molar-refractivity contribution in [1.29, 1.82) is 0 Å². The summed E-state index contributed by atoms with van der Waals surface area (Å²) in [5.41, 5.74) is 1.28. The third-order valence-electron chi connectivity index (χ3n) is 8.23. The third kappa shape index (κ3) is 9.33. The second kappa shape index (κ2) is 15.9. The van der Waals surface area contributed by atoms with Crippen LogP contribution in [0.15, 0.2) is 69.1 Å². The number of aliphatic hydroxyl groups excluding tert-OH is 1. The standard InChI is InChI=1S/C33H45N3O8S3/c1-23-11-14-28(15-12-23)47(41,42)35(5)21-31-24(2)20-36(25(3)22-37)33(38)29-19-27(34-46(39,40)32-10-8-18-45-32)13-16-30(29)44-26(4)9-6-7-17-43-31/h8,10-16,18-19,24-26,31,34,37H,6-7,9,17,20-22H2,1-5H3/t24-,25+,26+,31+/m1/s1. The van der Waals surface area contributed by atoms with E-state index in [9.17, 15) is 26.7 Å². The van der Waals surface area contributed by atoms with Gasteiger partial charge in [0.25, 0.3) is 15.9 Å². The fourth-order valence-electron chi connectivity index (χ4n) is 5.31. The van der Waals surface area contributed by atoms with Gasteiger partial charge in [0.05, 0.1) is 35.3 Å². The van der Waals surface area contributed by atoms with Crippen LogP contribution in [0.2, 0.25) is 0 Å². The number of aliphatic hydroxyl groups is 1. The van der Waals surface area contributed by atoms with E-state index in [1.807, 2.05) is 20.8 Å². The van der Waals surface area contributed by atoms with E-state index in [1.165, 1.54) is 28.4 Å². The maximum Gasteiger partial charge on any atom is 0.271 e. The average Bonchev–Trinajstić information content (AvgIpc) is 3.59. The van der Waals surface area contributed by atoms with E-state index in [0.29, 0.717) is 18.8 Å². The Morgan fingerprint density at radius 2 is 1.81 bits per heavy atom. The van der Waals surface area contributed by atoms with E-state index >= 15 is 0 Å². The predicted octanol–water partition coefficient (Wildman–Crippen LogP) is 4.97. The Bertz CT molecular complexity index is 1700. The summed E-state index contributed by atoms with van der Waals surface area (Å²) in [6.45, 7) is 7.64. The van der Waals surface area contributed by atoms with Crippen LogP contribution in [0.5, 0.6) is 5.75 Å². The van der Waals surface area contributed by atoms with Crippen molar-refractivity contribution in [2.75, 3.05) is 38.1 Å². The van der Waals surface area contributed by atoms with Gasteiger partial charge in [-0.05, 0) is 81.8 Å². The molecular weight excluding hydrogens is 663 g/mol. The molecule has 47 heavy (non-hydrogen) atoms. The molecule has 2 aromatic carbocycles. The molecule has 1 amide bonds. The van der Waals surface area contributed by atoms with Crippen LogP contribution < -0.4 is 9.46 Å². The second-order valence-electron chi connectivity index (χ2n) is 12.1. The highest BCUT2D eigenvalue weighted by Gasteiger charge is 2.32. The summed E-state index contributed by atoms with van der Waals surface area (Å²) in [6.07, 6.45) is 1.33. The molecule has 1 aliphatic rings. The molecule has 0 saturated heterocycles. The number of ether oxygens (including phenoxy) is 2. The predicted molar refractivity (Wildman–Crippen MR) is 183 cm³/mol. The number of amides is 1. The third-order valence-corrected chi connectivity index (χ3v) is 12.8. The van der Waals surface area contributed by atoms with Crippen LogP contribution >= 0.6 is 11.3 Å². The van der Waals surface area contributed by atoms with Crippen LogP contribution in [-0.4, -0.2) is 88.7 Å². The van der Waals surface area contributed by atoms with Crippen LogP contribution in [0.1, 0.15) is 56.0 Å². The summed E-state index contributed by atoms with van der Waals surface area (Å²) >= 11 is 1.08. The largest absolute Gasteiger partial charge is 0.490 e. The molecule has 0 fully saturated rings. The Balaban J connectivity index is 1.67. The zero-order valence-corrected chi connectivity index (χ0v) is 29.9. The number of aryl methyl sites for hydroxylation is 1. The topological polar surface area (TPSA) is 143 Å². The maximum atomic E-state index is 14.3. The fourth-order valence-corrected chi connectivity index (χ4v) is 8.54. The first-order chi connectivity index (χ1) is 22.2. The zero-order valence-electron chi connectivity index (χ0n) is 27.5. The SMILES string of the molecule is Cc1ccc(S(=O)(=O)N(C)C[C@@H]2OCCCC[C@H](C)Oc3ccc(NS(=O)(=O)c4cccs4)cc3C(=O)N([C@@H](C)CO)C[C@H]2C)cc1. The molecule has 3 aromatic rings. The van der Waals surface area contributed by atoms with Gasteiger partial charge in [-0.3, -0.25) is 9.52 Å². The molecule has 0 bridgehead atoms. The molecular formula is C33H45N3O8S3. The minimum Gasteiger partial charge on any atom is -0.490 e. The van der Waals surface area contributed by atoms with Gasteiger partial charge in [-0.15, -0.1) is 11.3 Å². The van der Waals surface area contributed by atoms with Gasteiger partial charge in [-0.25, -0.2) is 16.8 Å². The Morgan fingerprint density at radius 1 is 1.09 bits per heavy atom. The lowest BCUT2D eigenvalue weighted by molar-refractivity contribution is -0.00833. The van der Waals surface area contributed by atoms with Crippen molar-refractivity contribution in [2.45, 2.75) is 74.3 Å². The number of sulfonamides is 2. The van der Waals surface area contributed by atoms with E-state index in [1.54, 1.807) is 54.8 Å². The summed E-state index contributed by atoms with van der Waals surface area (Å²) < 4.78 is 69.4. The molecule has 1 aromatic heterocycles. The van der Waals surface area contributed by atoms with Crippen molar-refractivity contribution in [3.8, 4) is 5.75 Å². The molecule has 0 radical (unpaired) electrons. The van der Waals surface area contributed by atoms with Crippen molar-refractivity contribution in [3.05, 3.63) is 71.1 Å². The number of carbonyl (C=O) groups is 1.